The summed E-state index contributed by atoms with van der Waals surface area (Å²) < 4.78 is 1.02. The maximum absolute atomic E-state index is 11.6. The summed E-state index contributed by atoms with van der Waals surface area (Å²) >= 11 is 3.40. The maximum Gasteiger partial charge on any atom is 0.239 e. The molecule has 0 fully saturated rings. The Morgan fingerprint density at radius 1 is 1.14 bits per heavy atom. The molecular formula is C14H21BrClN3O2. The number of rotatable bonds is 6. The van der Waals surface area contributed by atoms with Crippen LogP contribution < -0.4 is 16.4 Å². The van der Waals surface area contributed by atoms with Gasteiger partial charge in [0.25, 0.3) is 0 Å². The lowest BCUT2D eigenvalue weighted by Crippen LogP contribution is -2.43. The van der Waals surface area contributed by atoms with Crippen LogP contribution in [0.5, 0.6) is 0 Å². The minimum atomic E-state index is -0.340. The van der Waals surface area contributed by atoms with Crippen LogP contribution in [-0.2, 0) is 15.0 Å². The Labute approximate surface area is 139 Å². The second kappa shape index (κ2) is 9.02. The number of benzene rings is 1. The van der Waals surface area contributed by atoms with Gasteiger partial charge in [-0.3, -0.25) is 9.59 Å². The van der Waals surface area contributed by atoms with Crippen LogP contribution in [0.4, 0.5) is 0 Å². The molecule has 0 saturated carbocycles. The molecule has 7 heteroatoms. The van der Waals surface area contributed by atoms with Crippen molar-refractivity contribution in [1.82, 2.24) is 10.6 Å². The van der Waals surface area contributed by atoms with Crippen molar-refractivity contribution in [3.63, 3.8) is 0 Å². The van der Waals surface area contributed by atoms with E-state index in [2.05, 4.69) is 40.4 Å². The number of amides is 2. The van der Waals surface area contributed by atoms with E-state index in [9.17, 15) is 9.59 Å². The Kier molecular flexibility index (Phi) is 8.54. The summed E-state index contributed by atoms with van der Waals surface area (Å²) in [5, 5.41) is 5.24. The molecule has 0 aliphatic heterocycles. The number of nitrogens with two attached hydrogens (primary N) is 1. The van der Waals surface area contributed by atoms with Gasteiger partial charge in [0, 0.05) is 16.4 Å². The molecule has 0 heterocycles. The van der Waals surface area contributed by atoms with Gasteiger partial charge in [-0.05, 0) is 17.7 Å². The van der Waals surface area contributed by atoms with Gasteiger partial charge in [0.05, 0.1) is 13.1 Å². The summed E-state index contributed by atoms with van der Waals surface area (Å²) in [5.41, 5.74) is 6.09. The molecule has 0 spiro atoms. The summed E-state index contributed by atoms with van der Waals surface area (Å²) in [4.78, 5) is 22.6. The second-order valence-corrected chi connectivity index (χ2v) is 6.06. The summed E-state index contributed by atoms with van der Waals surface area (Å²) in [6.45, 7) is 4.43. The largest absolute Gasteiger partial charge is 0.354 e. The van der Waals surface area contributed by atoms with Gasteiger partial charge in [-0.15, -0.1) is 12.4 Å². The average molecular weight is 379 g/mol. The topological polar surface area (TPSA) is 84.2 Å². The van der Waals surface area contributed by atoms with E-state index >= 15 is 0 Å². The molecule has 0 aliphatic carbocycles. The summed E-state index contributed by atoms with van der Waals surface area (Å²) in [6.07, 6.45) is 0. The van der Waals surface area contributed by atoms with Crippen molar-refractivity contribution in [2.45, 2.75) is 19.3 Å². The lowest BCUT2D eigenvalue weighted by molar-refractivity contribution is -0.125. The minimum Gasteiger partial charge on any atom is -0.354 e. The third-order valence-electron chi connectivity index (χ3n) is 2.98. The molecule has 1 rings (SSSR count). The van der Waals surface area contributed by atoms with E-state index in [4.69, 9.17) is 5.73 Å². The highest BCUT2D eigenvalue weighted by Crippen LogP contribution is 2.23. The van der Waals surface area contributed by atoms with Crippen molar-refractivity contribution in [3.05, 3.63) is 34.3 Å². The monoisotopic (exact) mass is 377 g/mol. The van der Waals surface area contributed by atoms with Crippen LogP contribution in [0.25, 0.3) is 0 Å². The van der Waals surface area contributed by atoms with Gasteiger partial charge in [0.15, 0.2) is 0 Å². The van der Waals surface area contributed by atoms with E-state index in [0.29, 0.717) is 6.54 Å². The van der Waals surface area contributed by atoms with E-state index in [0.717, 1.165) is 10.0 Å². The van der Waals surface area contributed by atoms with Crippen LogP contribution in [-0.4, -0.2) is 31.4 Å². The smallest absolute Gasteiger partial charge is 0.239 e. The number of hydrogen-bond acceptors (Lipinski definition) is 3. The quantitative estimate of drug-likeness (QED) is 0.698. The number of hydrogen-bond donors (Lipinski definition) is 3. The third kappa shape index (κ3) is 6.93. The first-order valence-corrected chi connectivity index (χ1v) is 7.14. The number of nitrogens with one attached hydrogen (secondary N) is 2. The van der Waals surface area contributed by atoms with Gasteiger partial charge in [-0.2, -0.15) is 0 Å². The van der Waals surface area contributed by atoms with Gasteiger partial charge in [0.2, 0.25) is 11.8 Å². The second-order valence-electron chi connectivity index (χ2n) is 5.15. The van der Waals surface area contributed by atoms with E-state index in [1.807, 2.05) is 24.3 Å². The van der Waals surface area contributed by atoms with Crippen molar-refractivity contribution in [2.75, 3.05) is 19.6 Å². The van der Waals surface area contributed by atoms with E-state index in [-0.39, 0.29) is 42.7 Å². The number of carbonyl (C=O) groups is 2. The normalized spacial score (nSPS) is 10.5. The standard InChI is InChI=1S/C14H20BrN3O2.ClH/c1-14(2,10-3-5-11(15)6-4-10)9-18-13(20)8-17-12(19)7-16;/h3-6H,7-9,16H2,1-2H3,(H,17,19)(H,18,20);1H. The molecule has 0 radical (unpaired) electrons. The minimum absolute atomic E-state index is 0. The zero-order valence-electron chi connectivity index (χ0n) is 12.1. The van der Waals surface area contributed by atoms with E-state index in [1.54, 1.807) is 0 Å². The Morgan fingerprint density at radius 3 is 2.24 bits per heavy atom. The fourth-order valence-electron chi connectivity index (χ4n) is 1.64. The third-order valence-corrected chi connectivity index (χ3v) is 3.51. The molecule has 21 heavy (non-hydrogen) atoms. The van der Waals surface area contributed by atoms with Crippen molar-refractivity contribution >= 4 is 40.2 Å². The molecule has 118 valence electrons. The van der Waals surface area contributed by atoms with Gasteiger partial charge < -0.3 is 16.4 Å². The fourth-order valence-corrected chi connectivity index (χ4v) is 1.90. The van der Waals surface area contributed by atoms with Gasteiger partial charge in [0.1, 0.15) is 0 Å². The summed E-state index contributed by atoms with van der Waals surface area (Å²) in [6, 6.07) is 7.99. The fraction of sp³-hybridized carbons (Fsp3) is 0.429. The van der Waals surface area contributed by atoms with Crippen LogP contribution in [0.2, 0.25) is 0 Å². The van der Waals surface area contributed by atoms with Gasteiger partial charge >= 0.3 is 0 Å². The predicted octanol–water partition coefficient (Wildman–Crippen LogP) is 1.34. The molecular weight excluding hydrogens is 358 g/mol. The molecule has 2 amide bonds. The van der Waals surface area contributed by atoms with Crippen LogP contribution >= 0.6 is 28.3 Å². The Bertz CT molecular complexity index is 478. The SMILES string of the molecule is CC(C)(CNC(=O)CNC(=O)CN)c1ccc(Br)cc1.Cl. The molecule has 4 N–H and O–H groups in total. The van der Waals surface area contributed by atoms with Crippen molar-refractivity contribution in [1.29, 1.82) is 0 Å². The molecule has 0 atom stereocenters. The van der Waals surface area contributed by atoms with Crippen molar-refractivity contribution in [2.24, 2.45) is 5.73 Å². The summed E-state index contributed by atoms with van der Waals surface area (Å²) in [7, 11) is 0. The summed E-state index contributed by atoms with van der Waals surface area (Å²) in [5.74, 6) is -0.565. The Balaban J connectivity index is 0.00000400. The van der Waals surface area contributed by atoms with Crippen LogP contribution in [0.3, 0.4) is 0 Å². The molecule has 5 nitrogen and oxygen atoms in total. The molecule has 0 aliphatic rings. The zero-order valence-corrected chi connectivity index (χ0v) is 14.5. The molecule has 1 aromatic carbocycles. The zero-order chi connectivity index (χ0) is 15.2. The van der Waals surface area contributed by atoms with Gasteiger partial charge in [-0.1, -0.05) is 41.9 Å². The van der Waals surface area contributed by atoms with Crippen molar-refractivity contribution in [3.8, 4) is 0 Å². The lowest BCUT2D eigenvalue weighted by Gasteiger charge is -2.25. The number of halogens is 2. The molecule has 0 aromatic heterocycles. The first kappa shape index (κ1) is 19.9. The van der Waals surface area contributed by atoms with Crippen LogP contribution in [0, 0.1) is 0 Å². The maximum atomic E-state index is 11.6. The van der Waals surface area contributed by atoms with Crippen LogP contribution in [0.15, 0.2) is 28.7 Å². The van der Waals surface area contributed by atoms with Crippen LogP contribution in [0.1, 0.15) is 19.4 Å². The number of carbonyl (C=O) groups excluding carboxylic acids is 2. The molecule has 1 aromatic rings. The Hall–Kier alpha value is -1.11. The molecule has 0 unspecified atom stereocenters. The highest BCUT2D eigenvalue weighted by Gasteiger charge is 2.21. The highest BCUT2D eigenvalue weighted by atomic mass is 79.9. The Morgan fingerprint density at radius 2 is 1.71 bits per heavy atom. The van der Waals surface area contributed by atoms with E-state index in [1.165, 1.54) is 0 Å². The highest BCUT2D eigenvalue weighted by molar-refractivity contribution is 9.10. The van der Waals surface area contributed by atoms with Crippen molar-refractivity contribution < 1.29 is 9.59 Å². The predicted molar refractivity (Wildman–Crippen MR) is 89.5 cm³/mol. The first-order chi connectivity index (χ1) is 9.35. The molecule has 0 saturated heterocycles. The average Bonchev–Trinajstić information content (AvgIpc) is 2.43. The van der Waals surface area contributed by atoms with Gasteiger partial charge in [-0.25, -0.2) is 0 Å². The lowest BCUT2D eigenvalue weighted by atomic mass is 9.84. The first-order valence-electron chi connectivity index (χ1n) is 6.34. The van der Waals surface area contributed by atoms with E-state index < -0.39 is 0 Å². The molecule has 0 bridgehead atoms.